The van der Waals surface area contributed by atoms with Gasteiger partial charge in [-0.3, -0.25) is 4.79 Å². The first kappa shape index (κ1) is 15.1. The number of hydrogen-bond donors (Lipinski definition) is 0. The van der Waals surface area contributed by atoms with Crippen molar-refractivity contribution in [1.29, 1.82) is 0 Å². The number of esters is 1. The quantitative estimate of drug-likeness (QED) is 0.629. The van der Waals surface area contributed by atoms with Crippen LogP contribution in [0.2, 0.25) is 5.15 Å². The van der Waals surface area contributed by atoms with Gasteiger partial charge < -0.3 is 9.64 Å². The Balaban J connectivity index is 2.22. The number of pyridine rings is 1. The maximum atomic E-state index is 12.5. The lowest BCUT2D eigenvalue weighted by atomic mass is 10.2. The Bertz CT molecular complexity index is 512. The fourth-order valence-electron chi connectivity index (χ4n) is 1.98. The molecule has 0 spiro atoms. The third-order valence-corrected chi connectivity index (χ3v) is 4.26. The highest BCUT2D eigenvalue weighted by Gasteiger charge is 2.34. The molecule has 1 atom stereocenters. The van der Waals surface area contributed by atoms with Crippen LogP contribution in [0.3, 0.4) is 0 Å². The Labute approximate surface area is 126 Å². The maximum absolute atomic E-state index is 12.5. The van der Waals surface area contributed by atoms with Crippen molar-refractivity contribution in [2.75, 3.05) is 24.7 Å². The lowest BCUT2D eigenvalue weighted by molar-refractivity contribution is -0.147. The van der Waals surface area contributed by atoms with Crippen molar-refractivity contribution in [3.05, 3.63) is 29.0 Å². The molecule has 2 rings (SSSR count). The van der Waals surface area contributed by atoms with E-state index in [9.17, 15) is 9.59 Å². The molecule has 108 valence electrons. The molecule has 0 saturated carbocycles. The molecule has 0 radical (unpaired) electrons. The van der Waals surface area contributed by atoms with E-state index in [1.165, 1.54) is 11.1 Å². The first-order valence-electron chi connectivity index (χ1n) is 6.31. The van der Waals surface area contributed by atoms with Gasteiger partial charge in [0.1, 0.15) is 11.2 Å². The van der Waals surface area contributed by atoms with Crippen LogP contribution in [0, 0.1) is 0 Å². The Hall–Kier alpha value is -1.27. The molecule has 0 aliphatic carbocycles. The summed E-state index contributed by atoms with van der Waals surface area (Å²) >= 11 is 7.58. The van der Waals surface area contributed by atoms with Crippen LogP contribution >= 0.6 is 23.4 Å². The molecule has 1 saturated heterocycles. The van der Waals surface area contributed by atoms with Gasteiger partial charge in [-0.2, -0.15) is 11.8 Å². The van der Waals surface area contributed by atoms with Crippen molar-refractivity contribution < 1.29 is 14.3 Å². The van der Waals surface area contributed by atoms with Crippen LogP contribution in [-0.4, -0.2) is 52.5 Å². The van der Waals surface area contributed by atoms with Gasteiger partial charge in [0.2, 0.25) is 0 Å². The fraction of sp³-hybridized carbons (Fsp3) is 0.462. The Morgan fingerprint density at radius 3 is 3.10 bits per heavy atom. The van der Waals surface area contributed by atoms with E-state index in [1.54, 1.807) is 30.8 Å². The predicted octanol–water partition coefficient (Wildman–Crippen LogP) is 1.86. The van der Waals surface area contributed by atoms with Gasteiger partial charge in [0.15, 0.2) is 0 Å². The monoisotopic (exact) mass is 314 g/mol. The minimum atomic E-state index is -0.558. The molecule has 1 aromatic rings. The molecular weight excluding hydrogens is 300 g/mol. The van der Waals surface area contributed by atoms with Gasteiger partial charge in [0, 0.05) is 24.2 Å². The van der Waals surface area contributed by atoms with Gasteiger partial charge in [-0.25, -0.2) is 9.78 Å². The highest BCUT2D eigenvalue weighted by molar-refractivity contribution is 7.99. The second kappa shape index (κ2) is 6.95. The summed E-state index contributed by atoms with van der Waals surface area (Å²) in [6.07, 6.45) is 1.52. The molecule has 1 aliphatic heterocycles. The smallest absolute Gasteiger partial charge is 0.329 e. The van der Waals surface area contributed by atoms with Crippen LogP contribution in [0.4, 0.5) is 0 Å². The summed E-state index contributed by atoms with van der Waals surface area (Å²) in [5.41, 5.74) is 0.315. The average Bonchev–Trinajstić information content (AvgIpc) is 2.47. The summed E-state index contributed by atoms with van der Waals surface area (Å²) in [7, 11) is 0. The number of rotatable bonds is 3. The summed E-state index contributed by atoms with van der Waals surface area (Å²) in [6.45, 7) is 2.55. The van der Waals surface area contributed by atoms with Crippen LogP contribution in [-0.2, 0) is 9.53 Å². The van der Waals surface area contributed by atoms with E-state index in [0.29, 0.717) is 24.5 Å². The normalized spacial score (nSPS) is 18.7. The molecule has 1 aromatic heterocycles. The Morgan fingerprint density at radius 2 is 2.40 bits per heavy atom. The zero-order valence-electron chi connectivity index (χ0n) is 11.0. The molecule has 0 aromatic carbocycles. The number of carbonyl (C=O) groups is 2. The third-order valence-electron chi connectivity index (χ3n) is 2.94. The largest absolute Gasteiger partial charge is 0.464 e. The van der Waals surface area contributed by atoms with E-state index in [0.717, 1.165) is 5.75 Å². The minimum Gasteiger partial charge on any atom is -0.464 e. The van der Waals surface area contributed by atoms with Gasteiger partial charge >= 0.3 is 5.97 Å². The van der Waals surface area contributed by atoms with E-state index in [2.05, 4.69) is 4.98 Å². The molecular formula is C13H15ClN2O3S. The summed E-state index contributed by atoms with van der Waals surface area (Å²) < 4.78 is 5.03. The molecule has 2 heterocycles. The second-order valence-corrected chi connectivity index (χ2v) is 5.69. The van der Waals surface area contributed by atoms with Gasteiger partial charge in [-0.05, 0) is 19.1 Å². The number of aromatic nitrogens is 1. The molecule has 1 aliphatic rings. The topological polar surface area (TPSA) is 59.5 Å². The Morgan fingerprint density at radius 1 is 1.60 bits per heavy atom. The number of hydrogen-bond acceptors (Lipinski definition) is 5. The predicted molar refractivity (Wildman–Crippen MR) is 78.0 cm³/mol. The SMILES string of the molecule is CCOC(=O)C1CSCCN1C(=O)c1cccnc1Cl. The summed E-state index contributed by atoms with van der Waals surface area (Å²) in [4.78, 5) is 29.9. The molecule has 0 N–H and O–H groups in total. The highest BCUT2D eigenvalue weighted by Crippen LogP contribution is 2.22. The molecule has 5 nitrogen and oxygen atoms in total. The lowest BCUT2D eigenvalue weighted by Gasteiger charge is -2.33. The van der Waals surface area contributed by atoms with E-state index >= 15 is 0 Å². The van der Waals surface area contributed by atoms with Crippen molar-refractivity contribution in [3.8, 4) is 0 Å². The van der Waals surface area contributed by atoms with Gasteiger partial charge in [-0.15, -0.1) is 0 Å². The number of carbonyl (C=O) groups excluding carboxylic acids is 2. The van der Waals surface area contributed by atoms with Crippen LogP contribution < -0.4 is 0 Å². The molecule has 1 fully saturated rings. The van der Waals surface area contributed by atoms with Gasteiger partial charge in [-0.1, -0.05) is 11.6 Å². The highest BCUT2D eigenvalue weighted by atomic mass is 35.5. The molecule has 20 heavy (non-hydrogen) atoms. The number of nitrogens with zero attached hydrogens (tertiary/aromatic N) is 2. The van der Waals surface area contributed by atoms with Crippen LogP contribution in [0.25, 0.3) is 0 Å². The van der Waals surface area contributed by atoms with E-state index in [1.807, 2.05) is 0 Å². The first-order chi connectivity index (χ1) is 9.65. The maximum Gasteiger partial charge on any atom is 0.329 e. The van der Waals surface area contributed by atoms with E-state index in [-0.39, 0.29) is 17.0 Å². The van der Waals surface area contributed by atoms with E-state index < -0.39 is 6.04 Å². The average molecular weight is 315 g/mol. The van der Waals surface area contributed by atoms with Crippen molar-refractivity contribution >= 4 is 35.2 Å². The number of thioether (sulfide) groups is 1. The molecule has 1 amide bonds. The zero-order chi connectivity index (χ0) is 14.5. The van der Waals surface area contributed by atoms with Crippen molar-refractivity contribution in [1.82, 2.24) is 9.88 Å². The summed E-state index contributed by atoms with van der Waals surface area (Å²) in [5, 5.41) is 0.151. The molecule has 1 unspecified atom stereocenters. The third kappa shape index (κ3) is 3.24. The van der Waals surface area contributed by atoms with Gasteiger partial charge in [0.25, 0.3) is 5.91 Å². The second-order valence-electron chi connectivity index (χ2n) is 4.18. The fourth-order valence-corrected chi connectivity index (χ4v) is 3.21. The van der Waals surface area contributed by atoms with Crippen LogP contribution in [0.5, 0.6) is 0 Å². The number of ether oxygens (including phenoxy) is 1. The Kier molecular flexibility index (Phi) is 5.25. The minimum absolute atomic E-state index is 0.151. The van der Waals surface area contributed by atoms with Crippen molar-refractivity contribution in [2.45, 2.75) is 13.0 Å². The lowest BCUT2D eigenvalue weighted by Crippen LogP contribution is -2.51. The molecule has 0 bridgehead atoms. The van der Waals surface area contributed by atoms with Crippen LogP contribution in [0.15, 0.2) is 18.3 Å². The number of halogens is 1. The summed E-state index contributed by atoms with van der Waals surface area (Å²) in [6, 6.07) is 2.70. The van der Waals surface area contributed by atoms with Crippen molar-refractivity contribution in [3.63, 3.8) is 0 Å². The summed E-state index contributed by atoms with van der Waals surface area (Å²) in [5.74, 6) is 0.691. The van der Waals surface area contributed by atoms with Crippen LogP contribution in [0.1, 0.15) is 17.3 Å². The van der Waals surface area contributed by atoms with E-state index in [4.69, 9.17) is 16.3 Å². The standard InChI is InChI=1S/C13H15ClN2O3S/c1-2-19-13(18)10-8-20-7-6-16(10)12(17)9-4-3-5-15-11(9)14/h3-5,10H,2,6-8H2,1H3. The zero-order valence-corrected chi connectivity index (χ0v) is 12.6. The molecule has 7 heteroatoms. The van der Waals surface area contributed by atoms with Gasteiger partial charge in [0.05, 0.1) is 12.2 Å². The first-order valence-corrected chi connectivity index (χ1v) is 7.84. The number of amides is 1. The van der Waals surface area contributed by atoms with Crippen molar-refractivity contribution in [2.24, 2.45) is 0 Å².